The number of nitrogens with zero attached hydrogens (tertiary/aromatic N) is 1. The van der Waals surface area contributed by atoms with E-state index >= 15 is 0 Å². The van der Waals surface area contributed by atoms with Gasteiger partial charge in [0.1, 0.15) is 5.78 Å². The average Bonchev–Trinajstić information content (AvgIpc) is 1.96. The van der Waals surface area contributed by atoms with E-state index in [-0.39, 0.29) is 13.5 Å². The third-order valence-electron chi connectivity index (χ3n) is 2.20. The molecule has 0 N–H and O–H groups in total. The number of ketones is 1. The molecular formula is C9H17NOP+. The van der Waals surface area contributed by atoms with Crippen molar-refractivity contribution in [2.24, 2.45) is 5.92 Å². The Labute approximate surface area is 75.3 Å². The van der Waals surface area contributed by atoms with Crippen LogP contribution in [0.3, 0.4) is 0 Å². The molecule has 68 valence electrons. The van der Waals surface area contributed by atoms with Gasteiger partial charge in [-0.05, 0) is 0 Å². The Morgan fingerprint density at radius 2 is 2.42 bits per heavy atom. The maximum atomic E-state index is 11.2. The maximum absolute atomic E-state index is 11.2. The predicted octanol–water partition coefficient (Wildman–Crippen LogP) is 1.40. The Balaban J connectivity index is 2.40. The molecule has 0 aromatic carbocycles. The zero-order valence-corrected chi connectivity index (χ0v) is 8.81. The number of rotatable bonds is 2. The van der Waals surface area contributed by atoms with E-state index in [0.717, 1.165) is 25.8 Å². The average molecular weight is 186 g/mol. The van der Waals surface area contributed by atoms with Crippen molar-refractivity contribution in [3.63, 3.8) is 0 Å². The lowest BCUT2D eigenvalue weighted by atomic mass is 9.99. The van der Waals surface area contributed by atoms with E-state index in [1.807, 2.05) is 6.92 Å². The first-order valence-corrected chi connectivity index (χ1v) is 6.52. The van der Waals surface area contributed by atoms with Gasteiger partial charge in [0.15, 0.2) is 6.29 Å². The van der Waals surface area contributed by atoms with E-state index in [0.29, 0.717) is 5.78 Å². The number of hydrogen-bond donors (Lipinski definition) is 0. The molecule has 0 aromatic heterocycles. The number of Topliss-reactive ketones (excluding diaryl/α,β-unsaturated/α-hetero) is 1. The second-order valence-corrected chi connectivity index (χ2v) is 5.69. The highest BCUT2D eigenvalue weighted by molar-refractivity contribution is 7.54. The molecule has 2 atom stereocenters. The molecule has 1 aliphatic heterocycles. The number of carbonyl (C=O) groups excluding carboxylic acids is 1. The quantitative estimate of drug-likeness (QED) is 0.607. The number of carbonyl (C=O) groups is 1. The van der Waals surface area contributed by atoms with Gasteiger partial charge in [0, 0.05) is 25.4 Å². The SMILES string of the molecule is C=[P+](C)CN1CCC(=O)C(C)C1. The zero-order valence-electron chi connectivity index (χ0n) is 7.92. The third-order valence-corrected chi connectivity index (χ3v) is 3.08. The van der Waals surface area contributed by atoms with Gasteiger partial charge in [-0.2, -0.15) is 0 Å². The Morgan fingerprint density at radius 1 is 1.75 bits per heavy atom. The van der Waals surface area contributed by atoms with Crippen molar-refractivity contribution >= 4 is 19.6 Å². The van der Waals surface area contributed by atoms with Crippen molar-refractivity contribution in [3.8, 4) is 0 Å². The van der Waals surface area contributed by atoms with Crippen LogP contribution in [-0.4, -0.2) is 43.0 Å². The van der Waals surface area contributed by atoms with Crippen LogP contribution in [0.25, 0.3) is 0 Å². The van der Waals surface area contributed by atoms with E-state index in [4.69, 9.17) is 0 Å². The molecule has 2 nitrogen and oxygen atoms in total. The van der Waals surface area contributed by atoms with Crippen LogP contribution in [0, 0.1) is 5.92 Å². The molecule has 2 unspecified atom stereocenters. The maximum Gasteiger partial charge on any atom is 0.158 e. The lowest BCUT2D eigenvalue weighted by Crippen LogP contribution is -2.39. The number of piperidine rings is 1. The molecule has 1 rings (SSSR count). The van der Waals surface area contributed by atoms with Crippen molar-refractivity contribution in [1.82, 2.24) is 4.90 Å². The van der Waals surface area contributed by atoms with E-state index in [9.17, 15) is 4.79 Å². The first-order valence-electron chi connectivity index (χ1n) is 4.36. The molecule has 1 aliphatic rings. The summed E-state index contributed by atoms with van der Waals surface area (Å²) in [5.41, 5.74) is 0. The van der Waals surface area contributed by atoms with Gasteiger partial charge in [0.25, 0.3) is 0 Å². The monoisotopic (exact) mass is 186 g/mol. The molecule has 3 heteroatoms. The molecule has 0 saturated carbocycles. The van der Waals surface area contributed by atoms with Crippen molar-refractivity contribution < 1.29 is 4.79 Å². The molecule has 0 spiro atoms. The summed E-state index contributed by atoms with van der Waals surface area (Å²) in [6.45, 7) is 6.10. The first kappa shape index (κ1) is 9.88. The zero-order chi connectivity index (χ0) is 9.14. The Bertz CT molecular complexity index is 203. The van der Waals surface area contributed by atoms with Gasteiger partial charge in [-0.25, -0.2) is 0 Å². The Morgan fingerprint density at radius 3 is 2.92 bits per heavy atom. The molecule has 12 heavy (non-hydrogen) atoms. The van der Waals surface area contributed by atoms with Crippen LogP contribution < -0.4 is 0 Å². The van der Waals surface area contributed by atoms with Crippen LogP contribution in [0.5, 0.6) is 0 Å². The van der Waals surface area contributed by atoms with Gasteiger partial charge < -0.3 is 0 Å². The van der Waals surface area contributed by atoms with Crippen LogP contribution in [-0.2, 0) is 4.79 Å². The van der Waals surface area contributed by atoms with E-state index in [1.165, 1.54) is 0 Å². The molecule has 0 aliphatic carbocycles. The van der Waals surface area contributed by atoms with Crippen molar-refractivity contribution in [3.05, 3.63) is 0 Å². The van der Waals surface area contributed by atoms with Crippen LogP contribution in [0.1, 0.15) is 13.3 Å². The Kier molecular flexibility index (Phi) is 3.42. The topological polar surface area (TPSA) is 20.3 Å². The summed E-state index contributed by atoms with van der Waals surface area (Å²) in [6.07, 6.45) is 5.85. The molecule has 1 fully saturated rings. The summed E-state index contributed by atoms with van der Waals surface area (Å²) in [7, 11) is -0.0920. The highest BCUT2D eigenvalue weighted by atomic mass is 31.1. The second kappa shape index (κ2) is 4.15. The predicted molar refractivity (Wildman–Crippen MR) is 55.2 cm³/mol. The minimum atomic E-state index is -0.0920. The summed E-state index contributed by atoms with van der Waals surface area (Å²) in [4.78, 5) is 13.6. The van der Waals surface area contributed by atoms with Crippen LogP contribution in [0.4, 0.5) is 0 Å². The van der Waals surface area contributed by atoms with E-state index in [1.54, 1.807) is 0 Å². The molecule has 1 saturated heterocycles. The molecule has 1 heterocycles. The third kappa shape index (κ3) is 2.69. The lowest BCUT2D eigenvalue weighted by Gasteiger charge is -2.26. The summed E-state index contributed by atoms with van der Waals surface area (Å²) < 4.78 is 0. The van der Waals surface area contributed by atoms with Crippen LogP contribution in [0.15, 0.2) is 0 Å². The normalized spacial score (nSPS) is 27.3. The van der Waals surface area contributed by atoms with Crippen LogP contribution in [0.2, 0.25) is 0 Å². The summed E-state index contributed by atoms with van der Waals surface area (Å²) in [6, 6.07) is 0. The second-order valence-electron chi connectivity index (χ2n) is 3.69. The highest BCUT2D eigenvalue weighted by Gasteiger charge is 2.24. The van der Waals surface area contributed by atoms with Gasteiger partial charge in [0.2, 0.25) is 0 Å². The van der Waals surface area contributed by atoms with Gasteiger partial charge in [0.05, 0.1) is 20.5 Å². The fourth-order valence-corrected chi connectivity index (χ4v) is 2.50. The largest absolute Gasteiger partial charge is 0.299 e. The van der Waals surface area contributed by atoms with Crippen LogP contribution >= 0.6 is 7.55 Å². The van der Waals surface area contributed by atoms with Crippen molar-refractivity contribution in [2.75, 3.05) is 26.0 Å². The Hall–Kier alpha value is -0.200. The number of likely N-dealkylation sites (tertiary alicyclic amines) is 1. The van der Waals surface area contributed by atoms with Gasteiger partial charge in [-0.3, -0.25) is 9.69 Å². The van der Waals surface area contributed by atoms with Gasteiger partial charge in [-0.15, -0.1) is 0 Å². The standard InChI is InChI=1S/C9H17NOP/c1-8-6-10(7-12(2)3)5-4-9(8)11/h8H,2,4-7H2,1,3H3/q+1. The molecule has 0 radical (unpaired) electrons. The molecule has 0 amide bonds. The highest BCUT2D eigenvalue weighted by Crippen LogP contribution is 2.19. The smallest absolute Gasteiger partial charge is 0.158 e. The first-order chi connectivity index (χ1) is 5.59. The minimum absolute atomic E-state index is 0.0920. The van der Waals surface area contributed by atoms with E-state index in [2.05, 4.69) is 17.9 Å². The van der Waals surface area contributed by atoms with E-state index < -0.39 is 0 Å². The minimum Gasteiger partial charge on any atom is -0.299 e. The fourth-order valence-electron chi connectivity index (χ4n) is 1.56. The molecule has 0 bridgehead atoms. The summed E-state index contributed by atoms with van der Waals surface area (Å²) in [5.74, 6) is 0.671. The summed E-state index contributed by atoms with van der Waals surface area (Å²) >= 11 is 0. The molecular weight excluding hydrogens is 169 g/mol. The van der Waals surface area contributed by atoms with Gasteiger partial charge >= 0.3 is 0 Å². The number of hydrogen-bond acceptors (Lipinski definition) is 2. The summed E-state index contributed by atoms with van der Waals surface area (Å²) in [5, 5.41) is 0. The lowest BCUT2D eigenvalue weighted by molar-refractivity contribution is -0.125. The van der Waals surface area contributed by atoms with Crippen molar-refractivity contribution in [2.45, 2.75) is 13.3 Å². The van der Waals surface area contributed by atoms with Gasteiger partial charge in [-0.1, -0.05) is 6.92 Å². The fraction of sp³-hybridized carbons (Fsp3) is 0.778. The molecule has 0 aromatic rings. The van der Waals surface area contributed by atoms with Crippen molar-refractivity contribution in [1.29, 1.82) is 0 Å².